The van der Waals surface area contributed by atoms with Gasteiger partial charge in [-0.2, -0.15) is 0 Å². The minimum atomic E-state index is -0.174. The number of fused-ring (bicyclic) bond motifs is 4. The van der Waals surface area contributed by atoms with E-state index in [0.29, 0.717) is 11.0 Å². The third-order valence-electron chi connectivity index (χ3n) is 6.41. The maximum absolute atomic E-state index is 13.3. The smallest absolute Gasteiger partial charge is 0.256 e. The number of piperidine rings is 1. The molecule has 5 heteroatoms. The van der Waals surface area contributed by atoms with Gasteiger partial charge in [0, 0.05) is 17.6 Å². The molecule has 0 saturated carbocycles. The number of nitrogens with one attached hydrogen (secondary N) is 1. The lowest BCUT2D eigenvalue weighted by molar-refractivity contribution is -0.121. The molecule has 2 fully saturated rings. The second-order valence-corrected chi connectivity index (χ2v) is 8.10. The van der Waals surface area contributed by atoms with Crippen molar-refractivity contribution in [3.8, 4) is 0 Å². The Labute approximate surface area is 165 Å². The van der Waals surface area contributed by atoms with Crippen LogP contribution in [0.5, 0.6) is 0 Å². The number of amides is 1. The van der Waals surface area contributed by atoms with E-state index in [9.17, 15) is 4.79 Å². The van der Waals surface area contributed by atoms with Gasteiger partial charge >= 0.3 is 0 Å². The first-order valence-electron chi connectivity index (χ1n) is 9.70. The topological polar surface area (TPSA) is 35.6 Å². The molecule has 1 N–H and O–H groups in total. The van der Waals surface area contributed by atoms with Gasteiger partial charge in [0.05, 0.1) is 11.7 Å². The average molecular weight is 378 g/mol. The third-order valence-corrected chi connectivity index (χ3v) is 6.80. The standard InChI is InChI=1S/C22H23N3OS/c1-3-14-8-10-15(11-9-14)25-21(26)19-12-17-16-6-4-5-7-18(16)23-20(17)13(2)24(19)22(25)27/h4-11,13,17,19-20,23H,3,12H2,1-2H3/t13-,17+,19-,20-/m0/s1. The first kappa shape index (κ1) is 16.8. The first-order chi connectivity index (χ1) is 13.1. The molecule has 27 heavy (non-hydrogen) atoms. The zero-order valence-electron chi connectivity index (χ0n) is 15.6. The van der Waals surface area contributed by atoms with Gasteiger partial charge in [0.15, 0.2) is 5.11 Å². The largest absolute Gasteiger partial charge is 0.379 e. The highest BCUT2D eigenvalue weighted by Gasteiger charge is 2.54. The zero-order valence-corrected chi connectivity index (χ0v) is 16.4. The van der Waals surface area contributed by atoms with Crippen molar-refractivity contribution in [2.45, 2.75) is 50.7 Å². The van der Waals surface area contributed by atoms with Crippen molar-refractivity contribution >= 4 is 34.6 Å². The molecular weight excluding hydrogens is 354 g/mol. The molecule has 3 aliphatic rings. The summed E-state index contributed by atoms with van der Waals surface area (Å²) in [6.45, 7) is 4.32. The van der Waals surface area contributed by atoms with Gasteiger partial charge < -0.3 is 10.2 Å². The number of carbonyl (C=O) groups is 1. The second kappa shape index (κ2) is 6.06. The third kappa shape index (κ3) is 2.34. The highest BCUT2D eigenvalue weighted by molar-refractivity contribution is 7.80. The predicted molar refractivity (Wildman–Crippen MR) is 112 cm³/mol. The minimum absolute atomic E-state index is 0.110. The van der Waals surface area contributed by atoms with Crippen molar-refractivity contribution in [1.82, 2.24) is 4.90 Å². The van der Waals surface area contributed by atoms with Crippen LogP contribution in [0.15, 0.2) is 48.5 Å². The van der Waals surface area contributed by atoms with Crippen LogP contribution in [-0.4, -0.2) is 34.0 Å². The van der Waals surface area contributed by atoms with E-state index in [4.69, 9.17) is 12.2 Å². The van der Waals surface area contributed by atoms with Crippen LogP contribution in [-0.2, 0) is 11.2 Å². The molecule has 0 radical (unpaired) electrons. The number of hydrogen-bond donors (Lipinski definition) is 1. The first-order valence-corrected chi connectivity index (χ1v) is 10.1. The van der Waals surface area contributed by atoms with Gasteiger partial charge in [-0.3, -0.25) is 9.69 Å². The maximum atomic E-state index is 13.3. The number of carbonyl (C=O) groups excluding carboxylic acids is 1. The Balaban J connectivity index is 1.49. The van der Waals surface area contributed by atoms with E-state index in [0.717, 1.165) is 18.5 Å². The summed E-state index contributed by atoms with van der Waals surface area (Å²) >= 11 is 5.79. The van der Waals surface area contributed by atoms with Crippen LogP contribution in [0.2, 0.25) is 0 Å². The summed E-state index contributed by atoms with van der Waals surface area (Å²) in [5, 5.41) is 4.31. The van der Waals surface area contributed by atoms with Gasteiger partial charge in [-0.25, -0.2) is 0 Å². The monoisotopic (exact) mass is 377 g/mol. The van der Waals surface area contributed by atoms with Crippen LogP contribution < -0.4 is 10.2 Å². The summed E-state index contributed by atoms with van der Waals surface area (Å²) < 4.78 is 0. The van der Waals surface area contributed by atoms with Crippen molar-refractivity contribution in [1.29, 1.82) is 0 Å². The molecule has 0 bridgehead atoms. The van der Waals surface area contributed by atoms with E-state index in [1.807, 2.05) is 12.1 Å². The number of rotatable bonds is 2. The number of nitrogens with zero attached hydrogens (tertiary/aromatic N) is 2. The molecule has 0 spiro atoms. The Kier molecular flexibility index (Phi) is 3.76. The Bertz CT molecular complexity index is 925. The van der Waals surface area contributed by atoms with Gasteiger partial charge in [-0.05, 0) is 61.3 Å². The quantitative estimate of drug-likeness (QED) is 0.805. The van der Waals surface area contributed by atoms with E-state index in [1.54, 1.807) is 4.90 Å². The van der Waals surface area contributed by atoms with E-state index >= 15 is 0 Å². The second-order valence-electron chi connectivity index (χ2n) is 7.74. The summed E-state index contributed by atoms with van der Waals surface area (Å²) in [4.78, 5) is 17.2. The molecule has 5 rings (SSSR count). The highest BCUT2D eigenvalue weighted by Crippen LogP contribution is 2.47. The molecule has 3 heterocycles. The number of hydrogen-bond acceptors (Lipinski definition) is 3. The Morgan fingerprint density at radius 1 is 1.15 bits per heavy atom. The summed E-state index contributed by atoms with van der Waals surface area (Å²) in [7, 11) is 0. The van der Waals surface area contributed by atoms with Crippen molar-refractivity contribution in [2.24, 2.45) is 0 Å². The number of thiocarbonyl (C=S) groups is 1. The van der Waals surface area contributed by atoms with Gasteiger partial charge in [0.25, 0.3) is 5.91 Å². The minimum Gasteiger partial charge on any atom is -0.379 e. The fourth-order valence-corrected chi connectivity index (χ4v) is 5.46. The van der Waals surface area contributed by atoms with Crippen LogP contribution >= 0.6 is 12.2 Å². The highest BCUT2D eigenvalue weighted by atomic mass is 32.1. The van der Waals surface area contributed by atoms with Crippen molar-refractivity contribution in [3.63, 3.8) is 0 Å². The van der Waals surface area contributed by atoms with E-state index < -0.39 is 0 Å². The summed E-state index contributed by atoms with van der Waals surface area (Å²) in [6, 6.07) is 16.9. The summed E-state index contributed by atoms with van der Waals surface area (Å²) in [6.07, 6.45) is 1.79. The molecule has 4 nitrogen and oxygen atoms in total. The SMILES string of the molecule is CCc1ccc(N2C(=O)[C@@H]3C[C@@H]4c5ccccc5N[C@H]4[C@H](C)N3C2=S)cc1. The zero-order chi connectivity index (χ0) is 18.7. The lowest BCUT2D eigenvalue weighted by Gasteiger charge is -2.42. The van der Waals surface area contributed by atoms with Gasteiger partial charge in [0.1, 0.15) is 6.04 Å². The number of aryl methyl sites for hydroxylation is 1. The number of anilines is 2. The number of benzene rings is 2. The molecule has 2 aromatic carbocycles. The summed E-state index contributed by atoms with van der Waals surface area (Å²) in [5.41, 5.74) is 4.67. The molecule has 2 aromatic rings. The van der Waals surface area contributed by atoms with E-state index in [1.165, 1.54) is 16.8 Å². The lowest BCUT2D eigenvalue weighted by Crippen LogP contribution is -2.55. The molecule has 3 aliphatic heterocycles. The van der Waals surface area contributed by atoms with Crippen LogP contribution in [0.25, 0.3) is 0 Å². The maximum Gasteiger partial charge on any atom is 0.256 e. The van der Waals surface area contributed by atoms with Gasteiger partial charge in [0.2, 0.25) is 0 Å². The van der Waals surface area contributed by atoms with Crippen molar-refractivity contribution in [3.05, 3.63) is 59.7 Å². The molecule has 0 unspecified atom stereocenters. The lowest BCUT2D eigenvalue weighted by atomic mass is 9.81. The Morgan fingerprint density at radius 3 is 2.63 bits per heavy atom. The van der Waals surface area contributed by atoms with Gasteiger partial charge in [-0.15, -0.1) is 0 Å². The van der Waals surface area contributed by atoms with Gasteiger partial charge in [-0.1, -0.05) is 37.3 Å². The predicted octanol–water partition coefficient (Wildman–Crippen LogP) is 3.92. The van der Waals surface area contributed by atoms with Crippen molar-refractivity contribution in [2.75, 3.05) is 10.2 Å². The molecular formula is C22H23N3OS. The molecule has 2 saturated heterocycles. The fraction of sp³-hybridized carbons (Fsp3) is 0.364. The summed E-state index contributed by atoms with van der Waals surface area (Å²) in [5.74, 6) is 0.463. The van der Waals surface area contributed by atoms with E-state index in [-0.39, 0.29) is 24.0 Å². The fourth-order valence-electron chi connectivity index (χ4n) is 4.97. The molecule has 0 aliphatic carbocycles. The Hall–Kier alpha value is -2.40. The number of para-hydroxylation sites is 1. The normalized spacial score (nSPS) is 28.7. The Morgan fingerprint density at radius 2 is 1.89 bits per heavy atom. The molecule has 4 atom stereocenters. The van der Waals surface area contributed by atoms with E-state index in [2.05, 4.69) is 60.5 Å². The van der Waals surface area contributed by atoms with Crippen molar-refractivity contribution < 1.29 is 4.79 Å². The van der Waals surface area contributed by atoms with Crippen LogP contribution in [0.1, 0.15) is 37.3 Å². The average Bonchev–Trinajstić information content (AvgIpc) is 3.18. The van der Waals surface area contributed by atoms with Crippen LogP contribution in [0.4, 0.5) is 11.4 Å². The van der Waals surface area contributed by atoms with Crippen LogP contribution in [0, 0.1) is 0 Å². The molecule has 1 amide bonds. The molecule has 0 aromatic heterocycles. The van der Waals surface area contributed by atoms with Crippen LogP contribution in [0.3, 0.4) is 0 Å². The molecule has 138 valence electrons.